The highest BCUT2D eigenvalue weighted by Gasteiger charge is 2.05. The molecule has 3 N–H and O–H groups in total. The van der Waals surface area contributed by atoms with Gasteiger partial charge >= 0.3 is 5.97 Å². The fourth-order valence-electron chi connectivity index (χ4n) is 1.89. The van der Waals surface area contributed by atoms with Crippen LogP contribution in [-0.4, -0.2) is 33.5 Å². The van der Waals surface area contributed by atoms with Crippen molar-refractivity contribution in [3.8, 4) is 0 Å². The van der Waals surface area contributed by atoms with Gasteiger partial charge in [-0.3, -0.25) is 0 Å². The maximum Gasteiger partial charge on any atom is 0.328 e. The molecule has 0 aromatic heterocycles. The predicted molar refractivity (Wildman–Crippen MR) is 94.1 cm³/mol. The largest absolute Gasteiger partial charge is 0.478 e. The summed E-state index contributed by atoms with van der Waals surface area (Å²) in [6, 6.07) is 0. The number of aliphatic hydroxyl groups is 2. The second-order valence-corrected chi connectivity index (χ2v) is 5.75. The zero-order chi connectivity index (χ0) is 17.8. The van der Waals surface area contributed by atoms with Crippen LogP contribution in [0.5, 0.6) is 0 Å². The van der Waals surface area contributed by atoms with Crippen molar-refractivity contribution in [1.82, 2.24) is 0 Å². The third-order valence-electron chi connectivity index (χ3n) is 2.99. The molecular weight excluding hydrogens is 292 g/mol. The first-order valence-corrected chi connectivity index (χ1v) is 7.68. The predicted octanol–water partition coefficient (Wildman–Crippen LogP) is 3.54. The molecule has 4 nitrogen and oxygen atoms in total. The van der Waals surface area contributed by atoms with Gasteiger partial charge in [-0.1, -0.05) is 53.2 Å². The van der Waals surface area contributed by atoms with Crippen LogP contribution in [0.2, 0.25) is 0 Å². The Bertz CT molecular complexity index is 519. The van der Waals surface area contributed by atoms with E-state index in [9.17, 15) is 15.0 Å². The fraction of sp³-hybridized carbons (Fsp3) is 0.421. The number of carboxylic acids is 1. The summed E-state index contributed by atoms with van der Waals surface area (Å²) in [5.41, 5.74) is 2.91. The molecule has 128 valence electrons. The average molecular weight is 320 g/mol. The molecule has 4 heteroatoms. The summed E-state index contributed by atoms with van der Waals surface area (Å²) in [4.78, 5) is 10.4. The van der Waals surface area contributed by atoms with Gasteiger partial charge in [-0.2, -0.15) is 0 Å². The third kappa shape index (κ3) is 13.5. The molecule has 0 heterocycles. The normalized spacial score (nSPS) is 17.0. The van der Waals surface area contributed by atoms with Gasteiger partial charge in [0.2, 0.25) is 0 Å². The van der Waals surface area contributed by atoms with Crippen LogP contribution in [0.25, 0.3) is 0 Å². The maximum atomic E-state index is 10.4. The molecule has 0 saturated carbocycles. The van der Waals surface area contributed by atoms with E-state index in [4.69, 9.17) is 5.11 Å². The van der Waals surface area contributed by atoms with Crippen LogP contribution >= 0.6 is 0 Å². The molecule has 0 bridgehead atoms. The topological polar surface area (TPSA) is 77.8 Å². The Labute approximate surface area is 138 Å². The summed E-state index contributed by atoms with van der Waals surface area (Å²) in [5, 5.41) is 27.4. The van der Waals surface area contributed by atoms with Gasteiger partial charge in [0.25, 0.3) is 0 Å². The van der Waals surface area contributed by atoms with Gasteiger partial charge in [0.15, 0.2) is 0 Å². The Balaban J connectivity index is 4.53. The van der Waals surface area contributed by atoms with E-state index in [1.807, 2.05) is 51.2 Å². The van der Waals surface area contributed by atoms with Crippen molar-refractivity contribution in [1.29, 1.82) is 0 Å². The number of hydrogen-bond donors (Lipinski definition) is 3. The van der Waals surface area contributed by atoms with E-state index in [2.05, 4.69) is 0 Å². The van der Waals surface area contributed by atoms with Crippen LogP contribution in [0.3, 0.4) is 0 Å². The van der Waals surface area contributed by atoms with Crippen LogP contribution < -0.4 is 0 Å². The lowest BCUT2D eigenvalue weighted by atomic mass is 10.1. The quantitative estimate of drug-likeness (QED) is 0.448. The molecule has 0 aliphatic rings. The van der Waals surface area contributed by atoms with Gasteiger partial charge in [-0.05, 0) is 40.5 Å². The van der Waals surface area contributed by atoms with E-state index in [1.165, 1.54) is 0 Å². The van der Waals surface area contributed by atoms with Gasteiger partial charge in [0.1, 0.15) is 0 Å². The molecule has 2 unspecified atom stereocenters. The average Bonchev–Trinajstić information content (AvgIpc) is 2.42. The van der Waals surface area contributed by atoms with Crippen LogP contribution in [0.15, 0.2) is 59.3 Å². The van der Waals surface area contributed by atoms with E-state index in [0.717, 1.165) is 22.8 Å². The first-order valence-electron chi connectivity index (χ1n) is 7.68. The molecule has 2 atom stereocenters. The van der Waals surface area contributed by atoms with Crippen molar-refractivity contribution in [3.05, 3.63) is 59.3 Å². The highest BCUT2D eigenvalue weighted by Crippen LogP contribution is 2.07. The number of aliphatic carboxylic acids is 1. The zero-order valence-electron chi connectivity index (χ0n) is 14.4. The Morgan fingerprint density at radius 2 is 1.65 bits per heavy atom. The van der Waals surface area contributed by atoms with Gasteiger partial charge in [-0.15, -0.1) is 0 Å². The van der Waals surface area contributed by atoms with Crippen molar-refractivity contribution in [3.63, 3.8) is 0 Å². The molecule has 0 spiro atoms. The Hall–Kier alpha value is -1.91. The summed E-state index contributed by atoms with van der Waals surface area (Å²) in [7, 11) is 0. The molecule has 0 fully saturated rings. The van der Waals surface area contributed by atoms with Crippen molar-refractivity contribution in [2.45, 2.75) is 52.7 Å². The molecule has 0 aliphatic carbocycles. The molecule has 0 saturated heterocycles. The summed E-state index contributed by atoms with van der Waals surface area (Å²) in [5.74, 6) is -0.960. The second kappa shape index (κ2) is 11.6. The molecule has 0 radical (unpaired) electrons. The van der Waals surface area contributed by atoms with Crippen LogP contribution in [-0.2, 0) is 4.79 Å². The highest BCUT2D eigenvalue weighted by molar-refractivity contribution is 5.80. The Morgan fingerprint density at radius 1 is 1.00 bits per heavy atom. The summed E-state index contributed by atoms with van der Waals surface area (Å²) in [6.45, 7) is 7.39. The van der Waals surface area contributed by atoms with Crippen LogP contribution in [0, 0.1) is 0 Å². The smallest absolute Gasteiger partial charge is 0.328 e. The molecule has 0 amide bonds. The summed E-state index contributed by atoms with van der Waals surface area (Å²) >= 11 is 0. The molecule has 0 aromatic rings. The molecule has 0 rings (SSSR count). The van der Waals surface area contributed by atoms with Crippen molar-refractivity contribution < 1.29 is 20.1 Å². The minimum absolute atomic E-state index is 0.375. The van der Waals surface area contributed by atoms with Gasteiger partial charge in [0, 0.05) is 6.08 Å². The standard InChI is InChI=1S/C19H28O4/c1-14(8-10-18(21)13-17(4)20)6-5-7-15(2)12-16(3)9-11-19(22)23/h5-9,11-12,17-18,20-21H,10,13H2,1-4H3,(H,22,23). The fourth-order valence-corrected chi connectivity index (χ4v) is 1.89. The highest BCUT2D eigenvalue weighted by atomic mass is 16.4. The lowest BCUT2D eigenvalue weighted by molar-refractivity contribution is -0.131. The number of rotatable bonds is 9. The Kier molecular flexibility index (Phi) is 10.7. The van der Waals surface area contributed by atoms with E-state index in [0.29, 0.717) is 12.8 Å². The van der Waals surface area contributed by atoms with E-state index < -0.39 is 18.2 Å². The lowest BCUT2D eigenvalue weighted by Crippen LogP contribution is -2.13. The summed E-state index contributed by atoms with van der Waals surface area (Å²) < 4.78 is 0. The minimum atomic E-state index is -0.960. The minimum Gasteiger partial charge on any atom is -0.478 e. The second-order valence-electron chi connectivity index (χ2n) is 5.75. The molecular formula is C19H28O4. The van der Waals surface area contributed by atoms with Gasteiger partial charge in [-0.25, -0.2) is 4.79 Å². The van der Waals surface area contributed by atoms with Crippen molar-refractivity contribution >= 4 is 5.97 Å². The number of allylic oxidation sites excluding steroid dienone is 8. The third-order valence-corrected chi connectivity index (χ3v) is 2.99. The van der Waals surface area contributed by atoms with Crippen molar-refractivity contribution in [2.24, 2.45) is 0 Å². The number of hydrogen-bond acceptors (Lipinski definition) is 3. The monoisotopic (exact) mass is 320 g/mol. The molecule has 0 aliphatic heterocycles. The number of aliphatic hydroxyl groups excluding tert-OH is 2. The molecule has 23 heavy (non-hydrogen) atoms. The first-order chi connectivity index (χ1) is 10.7. The lowest BCUT2D eigenvalue weighted by Gasteiger charge is -2.09. The van der Waals surface area contributed by atoms with Gasteiger partial charge in [0.05, 0.1) is 12.2 Å². The summed E-state index contributed by atoms with van der Waals surface area (Å²) in [6.07, 6.45) is 12.1. The first kappa shape index (κ1) is 21.1. The zero-order valence-corrected chi connectivity index (χ0v) is 14.4. The van der Waals surface area contributed by atoms with E-state index >= 15 is 0 Å². The van der Waals surface area contributed by atoms with E-state index in [-0.39, 0.29) is 0 Å². The Morgan fingerprint density at radius 3 is 2.22 bits per heavy atom. The van der Waals surface area contributed by atoms with Crippen LogP contribution in [0.1, 0.15) is 40.5 Å². The van der Waals surface area contributed by atoms with Gasteiger partial charge < -0.3 is 15.3 Å². The number of carbonyl (C=O) groups is 1. The van der Waals surface area contributed by atoms with Crippen LogP contribution in [0.4, 0.5) is 0 Å². The molecule has 0 aromatic carbocycles. The van der Waals surface area contributed by atoms with E-state index in [1.54, 1.807) is 13.0 Å². The number of carboxylic acid groups (broad SMARTS) is 1. The SMILES string of the molecule is CC(=CC=CC(C)=CCC(O)CC(C)O)C=C(C)C=CC(=O)O. The van der Waals surface area contributed by atoms with Crippen molar-refractivity contribution in [2.75, 3.05) is 0 Å². The maximum absolute atomic E-state index is 10.4.